The number of benzene rings is 2. The molecule has 1 heterocycles. The number of amides is 2. The van der Waals surface area contributed by atoms with E-state index in [1.807, 2.05) is 12.1 Å². The van der Waals surface area contributed by atoms with E-state index in [0.29, 0.717) is 35.7 Å². The Morgan fingerprint density at radius 2 is 1.79 bits per heavy atom. The number of para-hydroxylation sites is 1. The number of piperidine rings is 1. The van der Waals surface area contributed by atoms with Gasteiger partial charge in [0.2, 0.25) is 5.91 Å². The smallest absolute Gasteiger partial charge is 0.253 e. The fourth-order valence-corrected chi connectivity index (χ4v) is 3.53. The fraction of sp³-hybridized carbons (Fsp3) is 0.318. The summed E-state index contributed by atoms with van der Waals surface area (Å²) in [7, 11) is 1.55. The summed E-state index contributed by atoms with van der Waals surface area (Å²) in [5.41, 5.74) is 1.75. The lowest BCUT2D eigenvalue weighted by Gasteiger charge is -2.32. The Balaban J connectivity index is 1.71. The van der Waals surface area contributed by atoms with Crippen LogP contribution in [0.5, 0.6) is 5.75 Å². The van der Waals surface area contributed by atoms with Gasteiger partial charge in [0.05, 0.1) is 12.7 Å². The second kappa shape index (κ2) is 8.69. The third-order valence-corrected chi connectivity index (χ3v) is 4.90. The second-order valence-electron chi connectivity index (χ2n) is 6.91. The molecular formula is C22H24N2O4. The van der Waals surface area contributed by atoms with E-state index < -0.39 is 0 Å². The van der Waals surface area contributed by atoms with Crippen molar-refractivity contribution < 1.29 is 19.1 Å². The molecule has 0 aliphatic carbocycles. The lowest BCUT2D eigenvalue weighted by molar-refractivity contribution is -0.114. The molecule has 0 spiro atoms. The monoisotopic (exact) mass is 380 g/mol. The van der Waals surface area contributed by atoms with Crippen LogP contribution in [0.2, 0.25) is 0 Å². The molecule has 3 rings (SSSR count). The minimum absolute atomic E-state index is 0.0101. The Kier molecular flexibility index (Phi) is 6.09. The quantitative estimate of drug-likeness (QED) is 0.807. The van der Waals surface area contributed by atoms with E-state index in [4.69, 9.17) is 4.74 Å². The first kappa shape index (κ1) is 19.6. The Morgan fingerprint density at radius 3 is 2.46 bits per heavy atom. The predicted molar refractivity (Wildman–Crippen MR) is 107 cm³/mol. The maximum Gasteiger partial charge on any atom is 0.253 e. The van der Waals surface area contributed by atoms with Crippen LogP contribution in [-0.4, -0.2) is 42.7 Å². The van der Waals surface area contributed by atoms with Gasteiger partial charge in [0.25, 0.3) is 5.91 Å². The molecule has 2 amide bonds. The largest absolute Gasteiger partial charge is 0.496 e. The molecular weight excluding hydrogens is 356 g/mol. The van der Waals surface area contributed by atoms with Gasteiger partial charge in [-0.05, 0) is 49.2 Å². The number of nitrogens with one attached hydrogen (secondary N) is 1. The molecule has 0 unspecified atom stereocenters. The number of anilines is 1. The third kappa shape index (κ3) is 4.39. The highest BCUT2D eigenvalue weighted by Gasteiger charge is 2.30. The Labute approximate surface area is 164 Å². The highest BCUT2D eigenvalue weighted by atomic mass is 16.5. The van der Waals surface area contributed by atoms with Crippen molar-refractivity contribution in [2.75, 3.05) is 25.5 Å². The van der Waals surface area contributed by atoms with Crippen LogP contribution in [-0.2, 0) is 4.79 Å². The Hall–Kier alpha value is -3.15. The summed E-state index contributed by atoms with van der Waals surface area (Å²) in [6.07, 6.45) is 1.53. The van der Waals surface area contributed by atoms with Gasteiger partial charge in [-0.25, -0.2) is 0 Å². The van der Waals surface area contributed by atoms with Crippen LogP contribution in [0.1, 0.15) is 40.5 Å². The molecule has 0 bridgehead atoms. The summed E-state index contributed by atoms with van der Waals surface area (Å²) in [6.45, 7) is 2.46. The van der Waals surface area contributed by atoms with E-state index in [-0.39, 0.29) is 23.5 Å². The van der Waals surface area contributed by atoms with E-state index in [2.05, 4.69) is 5.32 Å². The highest BCUT2D eigenvalue weighted by Crippen LogP contribution is 2.27. The molecule has 1 aliphatic heterocycles. The molecule has 1 N–H and O–H groups in total. The van der Waals surface area contributed by atoms with Gasteiger partial charge in [-0.15, -0.1) is 0 Å². The number of methoxy groups -OCH3 is 1. The van der Waals surface area contributed by atoms with Crippen molar-refractivity contribution in [2.24, 2.45) is 5.92 Å². The van der Waals surface area contributed by atoms with Crippen molar-refractivity contribution in [3.63, 3.8) is 0 Å². The fourth-order valence-electron chi connectivity index (χ4n) is 3.53. The van der Waals surface area contributed by atoms with Crippen LogP contribution in [0.4, 0.5) is 5.69 Å². The highest BCUT2D eigenvalue weighted by molar-refractivity contribution is 6.01. The second-order valence-corrected chi connectivity index (χ2v) is 6.91. The van der Waals surface area contributed by atoms with Crippen molar-refractivity contribution in [1.82, 2.24) is 4.90 Å². The number of Topliss-reactive ketones (excluding diaryl/α,β-unsaturated/α-hetero) is 1. The average Bonchev–Trinajstić information content (AvgIpc) is 2.73. The van der Waals surface area contributed by atoms with E-state index in [1.165, 1.54) is 6.92 Å². The van der Waals surface area contributed by atoms with Crippen molar-refractivity contribution >= 4 is 23.3 Å². The van der Waals surface area contributed by atoms with Crippen LogP contribution >= 0.6 is 0 Å². The first-order valence-corrected chi connectivity index (χ1v) is 9.33. The third-order valence-electron chi connectivity index (χ3n) is 4.90. The molecule has 0 radical (unpaired) electrons. The number of carbonyl (C=O) groups excluding carboxylic acids is 3. The van der Waals surface area contributed by atoms with Gasteiger partial charge in [-0.2, -0.15) is 0 Å². The predicted octanol–water partition coefficient (Wildman–Crippen LogP) is 3.39. The summed E-state index contributed by atoms with van der Waals surface area (Å²) in [6, 6.07) is 14.0. The number of hydrogen-bond acceptors (Lipinski definition) is 4. The molecule has 2 aromatic carbocycles. The summed E-state index contributed by atoms with van der Waals surface area (Å²) >= 11 is 0. The van der Waals surface area contributed by atoms with Gasteiger partial charge < -0.3 is 15.0 Å². The standard InChI is InChI=1S/C22H24N2O4/c1-15(25)23-18-11-9-16(10-12-18)22(27)24-13-5-6-17(14-24)21(26)19-7-3-4-8-20(19)28-2/h3-4,7-12,17H,5-6,13-14H2,1-2H3,(H,23,25)/t17-/m0/s1. The molecule has 6 nitrogen and oxygen atoms in total. The van der Waals surface area contributed by atoms with Crippen molar-refractivity contribution in [3.05, 3.63) is 59.7 Å². The number of ketones is 1. The summed E-state index contributed by atoms with van der Waals surface area (Å²) in [5.74, 6) is 0.0628. The minimum Gasteiger partial charge on any atom is -0.496 e. The van der Waals surface area contributed by atoms with Crippen molar-refractivity contribution in [1.29, 1.82) is 0 Å². The van der Waals surface area contributed by atoms with E-state index in [9.17, 15) is 14.4 Å². The Bertz CT molecular complexity index is 876. The number of nitrogens with zero attached hydrogens (tertiary/aromatic N) is 1. The van der Waals surface area contributed by atoms with Crippen LogP contribution in [0.15, 0.2) is 48.5 Å². The number of carbonyl (C=O) groups is 3. The molecule has 28 heavy (non-hydrogen) atoms. The molecule has 2 aromatic rings. The zero-order valence-electron chi connectivity index (χ0n) is 16.1. The summed E-state index contributed by atoms with van der Waals surface area (Å²) in [5, 5.41) is 2.68. The van der Waals surface area contributed by atoms with Crippen LogP contribution in [0, 0.1) is 5.92 Å². The lowest BCUT2D eigenvalue weighted by atomic mass is 9.89. The van der Waals surface area contributed by atoms with Gasteiger partial charge >= 0.3 is 0 Å². The van der Waals surface area contributed by atoms with E-state index >= 15 is 0 Å². The van der Waals surface area contributed by atoms with E-state index in [0.717, 1.165) is 12.8 Å². The topological polar surface area (TPSA) is 75.7 Å². The SMILES string of the molecule is COc1ccccc1C(=O)[C@H]1CCCN(C(=O)c2ccc(NC(C)=O)cc2)C1. The first-order chi connectivity index (χ1) is 13.5. The molecule has 0 aromatic heterocycles. The molecule has 1 atom stereocenters. The van der Waals surface area contributed by atoms with Crippen LogP contribution < -0.4 is 10.1 Å². The number of ether oxygens (including phenoxy) is 1. The lowest BCUT2D eigenvalue weighted by Crippen LogP contribution is -2.42. The minimum atomic E-state index is -0.243. The van der Waals surface area contributed by atoms with Gasteiger partial charge in [0.1, 0.15) is 5.75 Å². The number of hydrogen-bond donors (Lipinski definition) is 1. The maximum atomic E-state index is 13.0. The molecule has 1 saturated heterocycles. The molecule has 146 valence electrons. The molecule has 0 saturated carbocycles. The number of rotatable bonds is 5. The molecule has 1 aliphatic rings. The van der Waals surface area contributed by atoms with Gasteiger partial charge in [-0.3, -0.25) is 14.4 Å². The first-order valence-electron chi connectivity index (χ1n) is 9.33. The van der Waals surface area contributed by atoms with Crippen LogP contribution in [0.25, 0.3) is 0 Å². The zero-order chi connectivity index (χ0) is 20.1. The van der Waals surface area contributed by atoms with Gasteiger partial charge in [-0.1, -0.05) is 12.1 Å². The molecule has 1 fully saturated rings. The average molecular weight is 380 g/mol. The van der Waals surface area contributed by atoms with Crippen molar-refractivity contribution in [3.8, 4) is 5.75 Å². The summed E-state index contributed by atoms with van der Waals surface area (Å²) < 4.78 is 5.31. The van der Waals surface area contributed by atoms with E-state index in [1.54, 1.807) is 48.4 Å². The zero-order valence-corrected chi connectivity index (χ0v) is 16.1. The van der Waals surface area contributed by atoms with Crippen molar-refractivity contribution in [2.45, 2.75) is 19.8 Å². The molecule has 6 heteroatoms. The van der Waals surface area contributed by atoms with Gasteiger partial charge in [0, 0.05) is 37.2 Å². The Morgan fingerprint density at radius 1 is 1.07 bits per heavy atom. The number of likely N-dealkylation sites (tertiary alicyclic amines) is 1. The van der Waals surface area contributed by atoms with Gasteiger partial charge in [0.15, 0.2) is 5.78 Å². The normalized spacial score (nSPS) is 16.4. The van der Waals surface area contributed by atoms with Crippen LogP contribution in [0.3, 0.4) is 0 Å². The maximum absolute atomic E-state index is 13.0. The summed E-state index contributed by atoms with van der Waals surface area (Å²) in [4.78, 5) is 38.7.